The van der Waals surface area contributed by atoms with Gasteiger partial charge in [-0.15, -0.1) is 12.4 Å². The molecule has 1 fully saturated rings. The number of ether oxygens (including phenoxy) is 1. The minimum atomic E-state index is -0.490. The number of likely N-dealkylation sites (tertiary alicyclic amines) is 1. The summed E-state index contributed by atoms with van der Waals surface area (Å²) in [4.78, 5) is 14.1. The van der Waals surface area contributed by atoms with Gasteiger partial charge in [0.05, 0.1) is 11.7 Å². The number of nitrogens with zero attached hydrogens (tertiary/aromatic N) is 1. The van der Waals surface area contributed by atoms with Crippen LogP contribution >= 0.6 is 28.3 Å². The van der Waals surface area contributed by atoms with Crippen LogP contribution in [0.2, 0.25) is 0 Å². The van der Waals surface area contributed by atoms with Gasteiger partial charge in [0, 0.05) is 24.2 Å². The van der Waals surface area contributed by atoms with E-state index >= 15 is 0 Å². The van der Waals surface area contributed by atoms with E-state index in [1.807, 2.05) is 0 Å². The van der Waals surface area contributed by atoms with Crippen LogP contribution in [0.3, 0.4) is 0 Å². The predicted molar refractivity (Wildman–Crippen MR) is 89.9 cm³/mol. The van der Waals surface area contributed by atoms with Crippen LogP contribution in [0.5, 0.6) is 0 Å². The number of benzene rings is 1. The molecule has 22 heavy (non-hydrogen) atoms. The quantitative estimate of drug-likeness (QED) is 0.780. The third-order valence-electron chi connectivity index (χ3n) is 3.61. The first kappa shape index (κ1) is 19.4. The molecule has 4 nitrogen and oxygen atoms in total. The van der Waals surface area contributed by atoms with Gasteiger partial charge in [-0.2, -0.15) is 0 Å². The van der Waals surface area contributed by atoms with Crippen LogP contribution < -0.4 is 5.73 Å². The van der Waals surface area contributed by atoms with Crippen LogP contribution in [0, 0.1) is 5.82 Å². The van der Waals surface area contributed by atoms with Crippen LogP contribution in [0.15, 0.2) is 22.7 Å². The van der Waals surface area contributed by atoms with Crippen molar-refractivity contribution in [1.82, 2.24) is 4.90 Å². The highest BCUT2D eigenvalue weighted by Crippen LogP contribution is 2.23. The molecule has 1 aliphatic heterocycles. The van der Waals surface area contributed by atoms with Crippen molar-refractivity contribution in [3.05, 3.63) is 34.1 Å². The number of rotatable bonds is 5. The summed E-state index contributed by atoms with van der Waals surface area (Å²) in [6.45, 7) is 2.46. The summed E-state index contributed by atoms with van der Waals surface area (Å²) in [6.07, 6.45) is 2.58. The van der Waals surface area contributed by atoms with Crippen molar-refractivity contribution < 1.29 is 13.9 Å². The minimum Gasteiger partial charge on any atom is -0.378 e. The first-order chi connectivity index (χ1) is 10.1. The van der Waals surface area contributed by atoms with E-state index < -0.39 is 5.82 Å². The van der Waals surface area contributed by atoms with Gasteiger partial charge < -0.3 is 15.4 Å². The number of nitrogens with two attached hydrogens (primary N) is 1. The summed E-state index contributed by atoms with van der Waals surface area (Å²) in [5.41, 5.74) is 5.54. The predicted octanol–water partition coefficient (Wildman–Crippen LogP) is 2.98. The van der Waals surface area contributed by atoms with E-state index in [4.69, 9.17) is 10.5 Å². The molecule has 0 saturated carbocycles. The lowest BCUT2D eigenvalue weighted by molar-refractivity contribution is 0.00831. The molecule has 0 aliphatic carbocycles. The fourth-order valence-corrected chi connectivity index (χ4v) is 2.93. The molecule has 1 aromatic rings. The van der Waals surface area contributed by atoms with Crippen molar-refractivity contribution in [2.75, 3.05) is 26.2 Å². The maximum Gasteiger partial charge on any atom is 0.257 e. The van der Waals surface area contributed by atoms with Gasteiger partial charge in [-0.25, -0.2) is 4.39 Å². The summed E-state index contributed by atoms with van der Waals surface area (Å²) < 4.78 is 20.0. The topological polar surface area (TPSA) is 55.6 Å². The van der Waals surface area contributed by atoms with Crippen molar-refractivity contribution in [3.63, 3.8) is 0 Å². The fraction of sp³-hybridized carbons (Fsp3) is 0.533. The van der Waals surface area contributed by atoms with E-state index in [-0.39, 0.29) is 30.0 Å². The summed E-state index contributed by atoms with van der Waals surface area (Å²) in [6, 6.07) is 4.56. The number of hydrogen-bond acceptors (Lipinski definition) is 3. The molecule has 0 atom stereocenters. The van der Waals surface area contributed by atoms with Gasteiger partial charge in [0.15, 0.2) is 0 Å². The number of amides is 1. The number of carbonyl (C=O) groups excluding carboxylic acids is 1. The molecule has 0 aromatic heterocycles. The SMILES string of the molecule is Cl.NCCCOC1CCN(C(=O)c2c(F)cccc2Br)CC1. The summed E-state index contributed by atoms with van der Waals surface area (Å²) in [5.74, 6) is -0.754. The zero-order valence-corrected chi connectivity index (χ0v) is 14.7. The van der Waals surface area contributed by atoms with E-state index in [0.717, 1.165) is 19.3 Å². The average molecular weight is 396 g/mol. The van der Waals surface area contributed by atoms with Gasteiger partial charge >= 0.3 is 0 Å². The van der Waals surface area contributed by atoms with Crippen LogP contribution in [-0.4, -0.2) is 43.2 Å². The van der Waals surface area contributed by atoms with Crippen molar-refractivity contribution in [3.8, 4) is 0 Å². The molecular weight excluding hydrogens is 375 g/mol. The number of carbonyl (C=O) groups is 1. The number of halogens is 3. The highest BCUT2D eigenvalue weighted by molar-refractivity contribution is 9.10. The largest absolute Gasteiger partial charge is 0.378 e. The molecule has 1 amide bonds. The molecule has 1 saturated heterocycles. The van der Waals surface area contributed by atoms with E-state index in [1.165, 1.54) is 6.07 Å². The van der Waals surface area contributed by atoms with Crippen LogP contribution in [0.1, 0.15) is 29.6 Å². The van der Waals surface area contributed by atoms with Gasteiger partial charge in [0.2, 0.25) is 0 Å². The summed E-state index contributed by atoms with van der Waals surface area (Å²) in [5, 5.41) is 0. The van der Waals surface area contributed by atoms with Crippen LogP contribution in [-0.2, 0) is 4.74 Å². The van der Waals surface area contributed by atoms with E-state index in [2.05, 4.69) is 15.9 Å². The Bertz CT molecular complexity index is 476. The fourth-order valence-electron chi connectivity index (χ4n) is 2.42. The molecule has 7 heteroatoms. The van der Waals surface area contributed by atoms with Crippen molar-refractivity contribution in [2.45, 2.75) is 25.4 Å². The first-order valence-electron chi connectivity index (χ1n) is 7.18. The maximum absolute atomic E-state index is 13.8. The second kappa shape index (κ2) is 9.45. The Labute approximate surface area is 144 Å². The standard InChI is InChI=1S/C15H20BrFN2O2.ClH/c16-12-3-1-4-13(17)14(12)15(20)19-8-5-11(6-9-19)21-10-2-7-18;/h1,3-4,11H,2,5-10,18H2;1H. The molecule has 1 aliphatic rings. The Hall–Kier alpha value is -0.690. The van der Waals surface area contributed by atoms with Crippen molar-refractivity contribution in [1.29, 1.82) is 0 Å². The monoisotopic (exact) mass is 394 g/mol. The summed E-state index contributed by atoms with van der Waals surface area (Å²) >= 11 is 3.24. The third kappa shape index (κ3) is 4.91. The molecule has 0 spiro atoms. The van der Waals surface area contributed by atoms with E-state index in [9.17, 15) is 9.18 Å². The third-order valence-corrected chi connectivity index (χ3v) is 4.27. The Morgan fingerprint density at radius 3 is 2.68 bits per heavy atom. The molecule has 2 N–H and O–H groups in total. The first-order valence-corrected chi connectivity index (χ1v) is 7.97. The van der Waals surface area contributed by atoms with Crippen molar-refractivity contribution in [2.24, 2.45) is 5.73 Å². The molecule has 0 unspecified atom stereocenters. The highest BCUT2D eigenvalue weighted by Gasteiger charge is 2.26. The van der Waals surface area contributed by atoms with E-state index in [1.54, 1.807) is 17.0 Å². The maximum atomic E-state index is 13.8. The van der Waals surface area contributed by atoms with Gasteiger partial charge in [0.25, 0.3) is 5.91 Å². The van der Waals surface area contributed by atoms with Crippen molar-refractivity contribution >= 4 is 34.2 Å². The number of hydrogen-bond donors (Lipinski definition) is 1. The Kier molecular flexibility index (Phi) is 8.31. The highest BCUT2D eigenvalue weighted by atomic mass is 79.9. The number of piperidine rings is 1. The Morgan fingerprint density at radius 1 is 1.41 bits per heavy atom. The van der Waals surface area contributed by atoms with E-state index in [0.29, 0.717) is 30.7 Å². The van der Waals surface area contributed by atoms with Crippen LogP contribution in [0.25, 0.3) is 0 Å². The molecule has 0 radical (unpaired) electrons. The molecular formula is C15H21BrClFN2O2. The normalized spacial score (nSPS) is 15.5. The molecule has 1 heterocycles. The molecule has 2 rings (SSSR count). The summed E-state index contributed by atoms with van der Waals surface area (Å²) in [7, 11) is 0. The molecule has 1 aromatic carbocycles. The lowest BCUT2D eigenvalue weighted by Gasteiger charge is -2.32. The Balaban J connectivity index is 0.00000242. The second-order valence-corrected chi connectivity index (χ2v) is 5.96. The molecule has 0 bridgehead atoms. The van der Waals surface area contributed by atoms with Gasteiger partial charge in [-0.05, 0) is 53.9 Å². The smallest absolute Gasteiger partial charge is 0.257 e. The minimum absolute atomic E-state index is 0. The van der Waals surface area contributed by atoms with Gasteiger partial charge in [-0.1, -0.05) is 6.07 Å². The zero-order valence-electron chi connectivity index (χ0n) is 12.3. The van der Waals surface area contributed by atoms with Crippen LogP contribution in [0.4, 0.5) is 4.39 Å². The lowest BCUT2D eigenvalue weighted by atomic mass is 10.1. The Morgan fingerprint density at radius 2 is 2.09 bits per heavy atom. The average Bonchev–Trinajstić information content (AvgIpc) is 2.48. The lowest BCUT2D eigenvalue weighted by Crippen LogP contribution is -2.41. The van der Waals surface area contributed by atoms with Gasteiger partial charge in [-0.3, -0.25) is 4.79 Å². The van der Waals surface area contributed by atoms with Gasteiger partial charge in [0.1, 0.15) is 5.82 Å². The molecule has 124 valence electrons. The zero-order chi connectivity index (χ0) is 15.2. The second-order valence-electron chi connectivity index (χ2n) is 5.10.